The van der Waals surface area contributed by atoms with Crippen LogP contribution in [-0.2, 0) is 4.79 Å². The summed E-state index contributed by atoms with van der Waals surface area (Å²) >= 11 is 0. The van der Waals surface area contributed by atoms with Gasteiger partial charge in [0.25, 0.3) is 5.91 Å². The van der Waals surface area contributed by atoms with Crippen molar-refractivity contribution >= 4 is 5.91 Å². The van der Waals surface area contributed by atoms with Gasteiger partial charge in [-0.15, -0.1) is 0 Å². The van der Waals surface area contributed by atoms with Crippen molar-refractivity contribution in [1.82, 2.24) is 10.3 Å². The van der Waals surface area contributed by atoms with Crippen LogP contribution in [0.5, 0.6) is 0 Å². The van der Waals surface area contributed by atoms with Crippen LogP contribution in [0.25, 0.3) is 11.3 Å². The van der Waals surface area contributed by atoms with Gasteiger partial charge in [-0.3, -0.25) is 4.79 Å². The lowest BCUT2D eigenvalue weighted by molar-refractivity contribution is -0.140. The highest BCUT2D eigenvalue weighted by molar-refractivity contribution is 5.85. The molecule has 1 amide bonds. The summed E-state index contributed by atoms with van der Waals surface area (Å²) in [5, 5.41) is 13.1. The zero-order valence-corrected chi connectivity index (χ0v) is 12.6. The number of aromatic nitrogens is 1. The molecule has 0 radical (unpaired) electrons. The third-order valence-electron chi connectivity index (χ3n) is 4.15. The minimum Gasteiger partial charge on any atom is -0.438 e. The van der Waals surface area contributed by atoms with E-state index in [1.165, 1.54) is 0 Å². The number of nitrogens with one attached hydrogen (secondary N) is 1. The smallest absolute Gasteiger partial charge is 0.252 e. The number of rotatable bonds is 4. The lowest BCUT2D eigenvalue weighted by Crippen LogP contribution is -2.45. The molecular weight excluding hydrogens is 280 g/mol. The predicted octanol–water partition coefficient (Wildman–Crippen LogP) is 2.82. The van der Waals surface area contributed by atoms with Gasteiger partial charge in [-0.2, -0.15) is 0 Å². The molecule has 5 heteroatoms. The van der Waals surface area contributed by atoms with Gasteiger partial charge < -0.3 is 14.8 Å². The predicted molar refractivity (Wildman–Crippen MR) is 81.9 cm³/mol. The molecule has 1 aromatic carbocycles. The zero-order valence-electron chi connectivity index (χ0n) is 12.6. The number of amides is 1. The van der Waals surface area contributed by atoms with Crippen LogP contribution < -0.4 is 5.32 Å². The average molecular weight is 300 g/mol. The van der Waals surface area contributed by atoms with Gasteiger partial charge in [0.2, 0.25) is 5.89 Å². The van der Waals surface area contributed by atoms with Crippen LogP contribution >= 0.6 is 0 Å². The Kier molecular flexibility index (Phi) is 3.98. The Bertz CT molecular complexity index is 645. The number of oxazole rings is 1. The number of benzene rings is 1. The molecule has 1 atom stereocenters. The first-order valence-corrected chi connectivity index (χ1v) is 7.63. The SMILES string of the molecule is CC(NC(=O)C1(O)CCCC1)c1ncc(-c2ccccc2)o1. The van der Waals surface area contributed by atoms with Crippen LogP contribution in [0.2, 0.25) is 0 Å². The molecule has 22 heavy (non-hydrogen) atoms. The van der Waals surface area contributed by atoms with Crippen molar-refractivity contribution in [1.29, 1.82) is 0 Å². The number of aliphatic hydroxyl groups is 1. The second kappa shape index (κ2) is 5.93. The molecule has 2 N–H and O–H groups in total. The molecule has 3 rings (SSSR count). The Balaban J connectivity index is 1.69. The Morgan fingerprint density at radius 2 is 2.00 bits per heavy atom. The van der Waals surface area contributed by atoms with Gasteiger partial charge in [0, 0.05) is 5.56 Å². The van der Waals surface area contributed by atoms with Gasteiger partial charge in [0.05, 0.1) is 6.20 Å². The highest BCUT2D eigenvalue weighted by atomic mass is 16.4. The maximum absolute atomic E-state index is 12.2. The highest BCUT2D eigenvalue weighted by Gasteiger charge is 2.39. The molecule has 1 aromatic heterocycles. The fourth-order valence-electron chi connectivity index (χ4n) is 2.80. The topological polar surface area (TPSA) is 75.4 Å². The molecule has 1 aliphatic carbocycles. The van der Waals surface area contributed by atoms with E-state index in [-0.39, 0.29) is 11.9 Å². The first-order valence-electron chi connectivity index (χ1n) is 7.63. The summed E-state index contributed by atoms with van der Waals surface area (Å²) in [7, 11) is 0. The molecule has 1 fully saturated rings. The summed E-state index contributed by atoms with van der Waals surface area (Å²) in [6.45, 7) is 1.80. The van der Waals surface area contributed by atoms with Crippen LogP contribution in [0.1, 0.15) is 44.5 Å². The van der Waals surface area contributed by atoms with Gasteiger partial charge in [-0.1, -0.05) is 30.3 Å². The lowest BCUT2D eigenvalue weighted by Gasteiger charge is -2.22. The molecule has 1 saturated carbocycles. The minimum absolute atomic E-state index is 0.336. The van der Waals surface area contributed by atoms with Gasteiger partial charge in [-0.05, 0) is 32.6 Å². The molecular formula is C17H20N2O3. The lowest BCUT2D eigenvalue weighted by atomic mass is 10.0. The van der Waals surface area contributed by atoms with Crippen molar-refractivity contribution < 1.29 is 14.3 Å². The molecule has 1 unspecified atom stereocenters. The van der Waals surface area contributed by atoms with Crippen molar-refractivity contribution in [2.75, 3.05) is 0 Å². The second-order valence-electron chi connectivity index (χ2n) is 5.86. The highest BCUT2D eigenvalue weighted by Crippen LogP contribution is 2.30. The zero-order chi connectivity index (χ0) is 15.6. The fourth-order valence-corrected chi connectivity index (χ4v) is 2.80. The number of carbonyl (C=O) groups excluding carboxylic acids is 1. The molecule has 1 aliphatic rings. The minimum atomic E-state index is -1.23. The van der Waals surface area contributed by atoms with Crippen molar-refractivity contribution in [3.8, 4) is 11.3 Å². The fraction of sp³-hybridized carbons (Fsp3) is 0.412. The van der Waals surface area contributed by atoms with Crippen LogP contribution in [0.4, 0.5) is 0 Å². The van der Waals surface area contributed by atoms with Crippen molar-refractivity contribution in [2.45, 2.75) is 44.2 Å². The summed E-state index contributed by atoms with van der Waals surface area (Å²) in [6.07, 6.45) is 4.46. The van der Waals surface area contributed by atoms with Crippen LogP contribution in [0.3, 0.4) is 0 Å². The van der Waals surface area contributed by atoms with Crippen molar-refractivity contribution in [2.24, 2.45) is 0 Å². The van der Waals surface area contributed by atoms with E-state index >= 15 is 0 Å². The van der Waals surface area contributed by atoms with Gasteiger partial charge >= 0.3 is 0 Å². The van der Waals surface area contributed by atoms with Crippen LogP contribution in [0, 0.1) is 0 Å². The van der Waals surface area contributed by atoms with E-state index < -0.39 is 5.60 Å². The molecule has 0 bridgehead atoms. The monoisotopic (exact) mass is 300 g/mol. The molecule has 0 saturated heterocycles. The normalized spacial score (nSPS) is 18.1. The molecule has 5 nitrogen and oxygen atoms in total. The first kappa shape index (κ1) is 14.8. The summed E-state index contributed by atoms with van der Waals surface area (Å²) in [4.78, 5) is 16.4. The number of carbonyl (C=O) groups is 1. The molecule has 1 heterocycles. The number of hydrogen-bond donors (Lipinski definition) is 2. The summed E-state index contributed by atoms with van der Waals surface area (Å²) in [5.41, 5.74) is -0.294. The third kappa shape index (κ3) is 2.90. The number of nitrogens with zero attached hydrogens (tertiary/aromatic N) is 1. The molecule has 0 spiro atoms. The molecule has 116 valence electrons. The largest absolute Gasteiger partial charge is 0.438 e. The van der Waals surface area contributed by atoms with Crippen LogP contribution in [0.15, 0.2) is 40.9 Å². The summed E-state index contributed by atoms with van der Waals surface area (Å²) in [5.74, 6) is 0.766. The second-order valence-corrected chi connectivity index (χ2v) is 5.86. The van der Waals surface area contributed by atoms with E-state index in [9.17, 15) is 9.90 Å². The first-order chi connectivity index (χ1) is 10.6. The van der Waals surface area contributed by atoms with E-state index in [1.807, 2.05) is 30.3 Å². The van der Waals surface area contributed by atoms with Gasteiger partial charge in [0.15, 0.2) is 5.76 Å². The Labute approximate surface area is 129 Å². The van der Waals surface area contributed by atoms with E-state index in [4.69, 9.17) is 4.42 Å². The van der Waals surface area contributed by atoms with E-state index in [0.29, 0.717) is 24.5 Å². The van der Waals surface area contributed by atoms with E-state index in [2.05, 4.69) is 10.3 Å². The Morgan fingerprint density at radius 1 is 1.32 bits per heavy atom. The molecule has 2 aromatic rings. The van der Waals surface area contributed by atoms with Crippen molar-refractivity contribution in [3.63, 3.8) is 0 Å². The van der Waals surface area contributed by atoms with Crippen LogP contribution in [-0.4, -0.2) is 21.6 Å². The summed E-state index contributed by atoms with van der Waals surface area (Å²) in [6, 6.07) is 9.29. The number of hydrogen-bond acceptors (Lipinski definition) is 4. The quantitative estimate of drug-likeness (QED) is 0.910. The van der Waals surface area contributed by atoms with E-state index in [0.717, 1.165) is 18.4 Å². The maximum atomic E-state index is 12.2. The average Bonchev–Trinajstić information content (AvgIpc) is 3.18. The van der Waals surface area contributed by atoms with Crippen molar-refractivity contribution in [3.05, 3.63) is 42.4 Å². The third-order valence-corrected chi connectivity index (χ3v) is 4.15. The standard InChI is InChI=1S/C17H20N2O3/c1-12(19-16(20)17(21)9-5-6-10-17)15-18-11-14(22-15)13-7-3-2-4-8-13/h2-4,7-8,11-12,21H,5-6,9-10H2,1H3,(H,19,20). The molecule has 0 aliphatic heterocycles. The Morgan fingerprint density at radius 3 is 2.68 bits per heavy atom. The maximum Gasteiger partial charge on any atom is 0.252 e. The van der Waals surface area contributed by atoms with Gasteiger partial charge in [0.1, 0.15) is 11.6 Å². The van der Waals surface area contributed by atoms with E-state index in [1.54, 1.807) is 13.1 Å². The van der Waals surface area contributed by atoms with Gasteiger partial charge in [-0.25, -0.2) is 4.98 Å². The summed E-state index contributed by atoms with van der Waals surface area (Å²) < 4.78 is 5.72. The Hall–Kier alpha value is -2.14.